The Bertz CT molecular complexity index is 648. The zero-order chi connectivity index (χ0) is 16.8. The van der Waals surface area contributed by atoms with Crippen molar-refractivity contribution in [1.82, 2.24) is 15.4 Å². The molecule has 1 aliphatic rings. The van der Waals surface area contributed by atoms with E-state index in [0.29, 0.717) is 12.3 Å². The van der Waals surface area contributed by atoms with Crippen LogP contribution < -0.4 is 5.32 Å². The molecule has 5 heteroatoms. The summed E-state index contributed by atoms with van der Waals surface area (Å²) in [6.45, 7) is 4.66. The number of amides is 1. The highest BCUT2D eigenvalue weighted by atomic mass is 16.5. The third-order valence-corrected chi connectivity index (χ3v) is 4.52. The van der Waals surface area contributed by atoms with Gasteiger partial charge in [0.2, 0.25) is 5.91 Å². The van der Waals surface area contributed by atoms with Crippen molar-refractivity contribution < 1.29 is 9.32 Å². The van der Waals surface area contributed by atoms with Crippen molar-refractivity contribution in [2.75, 3.05) is 19.6 Å². The highest BCUT2D eigenvalue weighted by Gasteiger charge is 2.22. The van der Waals surface area contributed by atoms with Crippen molar-refractivity contribution in [2.24, 2.45) is 0 Å². The zero-order valence-corrected chi connectivity index (χ0v) is 14.2. The molecule has 1 fully saturated rings. The monoisotopic (exact) mass is 327 g/mol. The third kappa shape index (κ3) is 4.45. The van der Waals surface area contributed by atoms with Crippen molar-refractivity contribution in [3.05, 3.63) is 53.4 Å². The van der Waals surface area contributed by atoms with E-state index < -0.39 is 0 Å². The van der Waals surface area contributed by atoms with Crippen LogP contribution in [-0.2, 0) is 11.2 Å². The van der Waals surface area contributed by atoms with Crippen LogP contribution >= 0.6 is 0 Å². The number of rotatable bonds is 6. The number of nitrogens with one attached hydrogen (secondary N) is 1. The highest BCUT2D eigenvalue weighted by molar-refractivity contribution is 5.77. The fourth-order valence-corrected chi connectivity index (χ4v) is 3.29. The summed E-state index contributed by atoms with van der Waals surface area (Å²) >= 11 is 0. The van der Waals surface area contributed by atoms with Gasteiger partial charge < -0.3 is 9.84 Å². The summed E-state index contributed by atoms with van der Waals surface area (Å²) in [5.41, 5.74) is 2.06. The minimum absolute atomic E-state index is 0.0240. The number of likely N-dealkylation sites (tertiary alicyclic amines) is 1. The second-order valence-corrected chi connectivity index (χ2v) is 6.44. The maximum atomic E-state index is 12.2. The van der Waals surface area contributed by atoms with Crippen molar-refractivity contribution >= 4 is 5.91 Å². The van der Waals surface area contributed by atoms with E-state index in [1.807, 2.05) is 13.0 Å². The van der Waals surface area contributed by atoms with Gasteiger partial charge in [-0.25, -0.2) is 0 Å². The van der Waals surface area contributed by atoms with E-state index in [9.17, 15) is 4.79 Å². The molecule has 1 amide bonds. The second-order valence-electron chi connectivity index (χ2n) is 6.44. The fourth-order valence-electron chi connectivity index (χ4n) is 3.29. The molecule has 128 valence electrons. The van der Waals surface area contributed by atoms with Crippen LogP contribution in [0.4, 0.5) is 0 Å². The Labute approximate surface area is 143 Å². The van der Waals surface area contributed by atoms with Crippen molar-refractivity contribution in [3.63, 3.8) is 0 Å². The first-order valence-electron chi connectivity index (χ1n) is 8.70. The summed E-state index contributed by atoms with van der Waals surface area (Å²) in [5, 5.41) is 6.89. The van der Waals surface area contributed by atoms with Crippen LogP contribution in [0.5, 0.6) is 0 Å². The van der Waals surface area contributed by atoms with Gasteiger partial charge >= 0.3 is 0 Å². The minimum atomic E-state index is -0.0240. The van der Waals surface area contributed by atoms with Crippen molar-refractivity contribution in [1.29, 1.82) is 0 Å². The van der Waals surface area contributed by atoms with Crippen LogP contribution in [0.1, 0.15) is 42.3 Å². The minimum Gasteiger partial charge on any atom is -0.361 e. The number of aryl methyl sites for hydroxylation is 1. The van der Waals surface area contributed by atoms with Gasteiger partial charge in [0.25, 0.3) is 0 Å². The number of carbonyl (C=O) groups excluding carboxylic acids is 1. The lowest BCUT2D eigenvalue weighted by Crippen LogP contribution is -2.41. The predicted molar refractivity (Wildman–Crippen MR) is 92.6 cm³/mol. The van der Waals surface area contributed by atoms with E-state index >= 15 is 0 Å². The Morgan fingerprint density at radius 2 is 2.00 bits per heavy atom. The summed E-state index contributed by atoms with van der Waals surface area (Å²) in [4.78, 5) is 14.7. The van der Waals surface area contributed by atoms with Gasteiger partial charge in [0.15, 0.2) is 0 Å². The van der Waals surface area contributed by atoms with Crippen LogP contribution in [-0.4, -0.2) is 35.6 Å². The third-order valence-electron chi connectivity index (χ3n) is 4.52. The molecule has 1 atom stereocenters. The maximum Gasteiger partial charge on any atom is 0.227 e. The molecule has 0 bridgehead atoms. The quantitative estimate of drug-likeness (QED) is 0.886. The topological polar surface area (TPSA) is 58.4 Å². The lowest BCUT2D eigenvalue weighted by molar-refractivity contribution is -0.121. The van der Waals surface area contributed by atoms with Gasteiger partial charge in [0.1, 0.15) is 5.76 Å². The van der Waals surface area contributed by atoms with Crippen LogP contribution in [0.15, 0.2) is 40.9 Å². The summed E-state index contributed by atoms with van der Waals surface area (Å²) in [6.07, 6.45) is 4.00. The largest absolute Gasteiger partial charge is 0.361 e. The molecule has 1 aliphatic heterocycles. The van der Waals surface area contributed by atoms with Crippen LogP contribution in [0.3, 0.4) is 0 Å². The van der Waals surface area contributed by atoms with Gasteiger partial charge in [0, 0.05) is 12.6 Å². The lowest BCUT2D eigenvalue weighted by Gasteiger charge is -2.35. The van der Waals surface area contributed by atoms with Gasteiger partial charge in [-0.1, -0.05) is 41.9 Å². The number of benzene rings is 1. The van der Waals surface area contributed by atoms with E-state index in [2.05, 4.69) is 39.6 Å². The maximum absolute atomic E-state index is 12.2. The average molecular weight is 327 g/mol. The summed E-state index contributed by atoms with van der Waals surface area (Å²) in [5.74, 6) is 0.586. The van der Waals surface area contributed by atoms with Gasteiger partial charge in [-0.3, -0.25) is 9.69 Å². The van der Waals surface area contributed by atoms with E-state index in [1.54, 1.807) is 6.07 Å². The van der Waals surface area contributed by atoms with E-state index in [-0.39, 0.29) is 18.4 Å². The molecule has 3 rings (SSSR count). The molecule has 0 radical (unpaired) electrons. The molecule has 5 nitrogen and oxygen atoms in total. The number of hydrogen-bond acceptors (Lipinski definition) is 4. The zero-order valence-electron chi connectivity index (χ0n) is 14.2. The Morgan fingerprint density at radius 3 is 2.67 bits per heavy atom. The van der Waals surface area contributed by atoms with Crippen LogP contribution in [0.2, 0.25) is 0 Å². The number of piperidine rings is 1. The molecule has 1 unspecified atom stereocenters. The Morgan fingerprint density at radius 1 is 1.25 bits per heavy atom. The SMILES string of the molecule is Cc1cc(CC(=O)NCC(c2ccccc2)N2CCCCC2)on1. The molecular weight excluding hydrogens is 302 g/mol. The van der Waals surface area contributed by atoms with Crippen molar-refractivity contribution in [3.8, 4) is 0 Å². The molecule has 1 N–H and O–H groups in total. The van der Waals surface area contributed by atoms with Crippen LogP contribution in [0, 0.1) is 6.92 Å². The summed E-state index contributed by atoms with van der Waals surface area (Å²) in [6, 6.07) is 12.5. The highest BCUT2D eigenvalue weighted by Crippen LogP contribution is 2.24. The second kappa shape index (κ2) is 8.11. The molecule has 0 aliphatic carbocycles. The van der Waals surface area contributed by atoms with E-state index in [1.165, 1.54) is 24.8 Å². The van der Waals surface area contributed by atoms with Crippen LogP contribution in [0.25, 0.3) is 0 Å². The molecule has 1 saturated heterocycles. The molecule has 0 spiro atoms. The Hall–Kier alpha value is -2.14. The van der Waals surface area contributed by atoms with Gasteiger partial charge in [-0.2, -0.15) is 0 Å². The lowest BCUT2D eigenvalue weighted by atomic mass is 10.0. The summed E-state index contributed by atoms with van der Waals surface area (Å²) in [7, 11) is 0. The molecule has 24 heavy (non-hydrogen) atoms. The van der Waals surface area contributed by atoms with E-state index in [0.717, 1.165) is 18.8 Å². The molecule has 1 aromatic carbocycles. The smallest absolute Gasteiger partial charge is 0.227 e. The number of nitrogens with zero attached hydrogens (tertiary/aromatic N) is 2. The standard InChI is InChI=1S/C19H25N3O2/c1-15-12-17(24-21-15)13-19(23)20-14-18(16-8-4-2-5-9-16)22-10-6-3-7-11-22/h2,4-5,8-9,12,18H,3,6-7,10-11,13-14H2,1H3,(H,20,23). The molecule has 1 aromatic heterocycles. The first-order chi connectivity index (χ1) is 11.7. The molecular formula is C19H25N3O2. The Kier molecular flexibility index (Phi) is 5.64. The predicted octanol–water partition coefficient (Wildman–Crippen LogP) is 2.87. The number of carbonyl (C=O) groups is 1. The first kappa shape index (κ1) is 16.7. The average Bonchev–Trinajstić information content (AvgIpc) is 3.02. The molecule has 2 heterocycles. The number of aromatic nitrogens is 1. The Balaban J connectivity index is 1.62. The molecule has 0 saturated carbocycles. The van der Waals surface area contributed by atoms with Gasteiger partial charge in [-0.15, -0.1) is 0 Å². The van der Waals surface area contributed by atoms with Gasteiger partial charge in [-0.05, 0) is 38.4 Å². The van der Waals surface area contributed by atoms with Gasteiger partial charge in [0.05, 0.1) is 18.2 Å². The first-order valence-corrected chi connectivity index (χ1v) is 8.70. The normalized spacial score (nSPS) is 16.7. The van der Waals surface area contributed by atoms with E-state index in [4.69, 9.17) is 4.52 Å². The number of hydrogen-bond donors (Lipinski definition) is 1. The summed E-state index contributed by atoms with van der Waals surface area (Å²) < 4.78 is 5.12. The molecule has 2 aromatic rings. The fraction of sp³-hybridized carbons (Fsp3) is 0.474. The van der Waals surface area contributed by atoms with Crippen molar-refractivity contribution in [2.45, 2.75) is 38.6 Å².